The Bertz CT molecular complexity index is 661. The summed E-state index contributed by atoms with van der Waals surface area (Å²) in [6.45, 7) is 0. The highest BCUT2D eigenvalue weighted by Gasteiger charge is 2.09. The number of carbonyl (C=O) groups excluding carboxylic acids is 1. The zero-order valence-corrected chi connectivity index (χ0v) is 11.5. The zero-order valence-electron chi connectivity index (χ0n) is 10.7. The molecule has 0 atom stereocenters. The number of nitrogens with two attached hydrogens (primary N) is 1. The molecule has 0 saturated heterocycles. The summed E-state index contributed by atoms with van der Waals surface area (Å²) < 4.78 is 13.2. The van der Waals surface area contributed by atoms with Crippen molar-refractivity contribution in [3.8, 4) is 0 Å². The number of halogens is 2. The van der Waals surface area contributed by atoms with Crippen LogP contribution < -0.4 is 16.4 Å². The van der Waals surface area contributed by atoms with E-state index in [1.54, 1.807) is 18.2 Å². The number of carbonyl (C=O) groups is 1. The summed E-state index contributed by atoms with van der Waals surface area (Å²) in [7, 11) is 1.54. The molecule has 2 aromatic rings. The van der Waals surface area contributed by atoms with Gasteiger partial charge in [-0.2, -0.15) is 0 Å². The van der Waals surface area contributed by atoms with Crippen LogP contribution in [0.5, 0.6) is 0 Å². The summed E-state index contributed by atoms with van der Waals surface area (Å²) in [6, 6.07) is 8.74. The molecule has 2 rings (SSSR count). The second-order valence-electron chi connectivity index (χ2n) is 4.13. The molecular formula is C14H13ClFN3O. The van der Waals surface area contributed by atoms with Gasteiger partial charge in [0.1, 0.15) is 5.82 Å². The van der Waals surface area contributed by atoms with Gasteiger partial charge in [-0.25, -0.2) is 4.39 Å². The van der Waals surface area contributed by atoms with Crippen LogP contribution in [0, 0.1) is 5.82 Å². The van der Waals surface area contributed by atoms with Gasteiger partial charge in [0.2, 0.25) is 0 Å². The lowest BCUT2D eigenvalue weighted by molar-refractivity contribution is 0.0963. The minimum Gasteiger partial charge on any atom is -0.397 e. The molecule has 0 aliphatic carbocycles. The van der Waals surface area contributed by atoms with Crippen LogP contribution in [0.2, 0.25) is 5.02 Å². The zero-order chi connectivity index (χ0) is 14.7. The van der Waals surface area contributed by atoms with E-state index in [-0.39, 0.29) is 5.91 Å². The molecule has 1 amide bonds. The predicted molar refractivity (Wildman–Crippen MR) is 78.9 cm³/mol. The largest absolute Gasteiger partial charge is 0.397 e. The molecule has 0 spiro atoms. The van der Waals surface area contributed by atoms with E-state index in [1.807, 2.05) is 0 Å². The molecule has 0 unspecified atom stereocenters. The molecule has 4 nitrogen and oxygen atoms in total. The average Bonchev–Trinajstić information content (AvgIpc) is 2.44. The average molecular weight is 294 g/mol. The first-order valence-corrected chi connectivity index (χ1v) is 6.22. The summed E-state index contributed by atoms with van der Waals surface area (Å²) >= 11 is 5.98. The molecule has 104 valence electrons. The van der Waals surface area contributed by atoms with Crippen molar-refractivity contribution in [1.82, 2.24) is 5.32 Å². The van der Waals surface area contributed by atoms with Crippen LogP contribution in [0.25, 0.3) is 0 Å². The molecule has 4 N–H and O–H groups in total. The van der Waals surface area contributed by atoms with E-state index in [9.17, 15) is 9.18 Å². The fourth-order valence-corrected chi connectivity index (χ4v) is 1.85. The van der Waals surface area contributed by atoms with E-state index in [1.165, 1.54) is 25.2 Å². The molecular weight excluding hydrogens is 281 g/mol. The van der Waals surface area contributed by atoms with Gasteiger partial charge in [0.15, 0.2) is 0 Å². The van der Waals surface area contributed by atoms with E-state index in [0.717, 1.165) is 0 Å². The number of nitrogen functional groups attached to an aromatic ring is 1. The molecule has 0 aliphatic heterocycles. The highest BCUT2D eigenvalue weighted by atomic mass is 35.5. The molecule has 0 aliphatic rings. The Labute approximate surface area is 120 Å². The maximum Gasteiger partial charge on any atom is 0.251 e. The Balaban J connectivity index is 2.37. The minimum absolute atomic E-state index is 0.238. The number of hydrogen-bond acceptors (Lipinski definition) is 3. The fraction of sp³-hybridized carbons (Fsp3) is 0.0714. The monoisotopic (exact) mass is 293 g/mol. The van der Waals surface area contributed by atoms with Crippen LogP contribution in [0.3, 0.4) is 0 Å². The highest BCUT2D eigenvalue weighted by molar-refractivity contribution is 6.33. The lowest BCUT2D eigenvalue weighted by Crippen LogP contribution is -2.18. The predicted octanol–water partition coefficient (Wildman–Crippen LogP) is 3.16. The maximum absolute atomic E-state index is 13.2. The van der Waals surface area contributed by atoms with Crippen molar-refractivity contribution in [2.45, 2.75) is 0 Å². The number of anilines is 3. The third-order valence-electron chi connectivity index (χ3n) is 2.74. The van der Waals surface area contributed by atoms with Crippen LogP contribution in [-0.2, 0) is 0 Å². The van der Waals surface area contributed by atoms with Gasteiger partial charge in [-0.1, -0.05) is 11.6 Å². The second kappa shape index (κ2) is 5.79. The number of benzene rings is 2. The summed E-state index contributed by atoms with van der Waals surface area (Å²) in [5.41, 5.74) is 7.57. The lowest BCUT2D eigenvalue weighted by Gasteiger charge is -2.12. The number of nitrogens with one attached hydrogen (secondary N) is 2. The maximum atomic E-state index is 13.2. The van der Waals surface area contributed by atoms with Crippen LogP contribution in [0.15, 0.2) is 36.4 Å². The Kier molecular flexibility index (Phi) is 4.10. The topological polar surface area (TPSA) is 67.2 Å². The van der Waals surface area contributed by atoms with Gasteiger partial charge in [-0.05, 0) is 36.4 Å². The van der Waals surface area contributed by atoms with E-state index in [4.69, 9.17) is 17.3 Å². The van der Waals surface area contributed by atoms with Crippen molar-refractivity contribution in [2.24, 2.45) is 0 Å². The van der Waals surface area contributed by atoms with Crippen LogP contribution >= 0.6 is 11.6 Å². The molecule has 0 heterocycles. The molecule has 6 heteroatoms. The Morgan fingerprint density at radius 1 is 1.20 bits per heavy atom. The normalized spacial score (nSPS) is 10.2. The second-order valence-corrected chi connectivity index (χ2v) is 4.54. The lowest BCUT2D eigenvalue weighted by atomic mass is 10.1. The number of hydrogen-bond donors (Lipinski definition) is 3. The molecule has 20 heavy (non-hydrogen) atoms. The van der Waals surface area contributed by atoms with Gasteiger partial charge < -0.3 is 16.4 Å². The summed E-state index contributed by atoms with van der Waals surface area (Å²) in [5.74, 6) is -0.656. The quantitative estimate of drug-likeness (QED) is 0.762. The summed E-state index contributed by atoms with van der Waals surface area (Å²) in [5, 5.41) is 5.80. The van der Waals surface area contributed by atoms with Crippen molar-refractivity contribution in [2.75, 3.05) is 18.1 Å². The highest BCUT2D eigenvalue weighted by Crippen LogP contribution is 2.29. The third-order valence-corrected chi connectivity index (χ3v) is 3.07. The van der Waals surface area contributed by atoms with Crippen molar-refractivity contribution in [1.29, 1.82) is 0 Å². The van der Waals surface area contributed by atoms with Crippen molar-refractivity contribution in [3.63, 3.8) is 0 Å². The Hall–Kier alpha value is -2.27. The van der Waals surface area contributed by atoms with E-state index < -0.39 is 5.82 Å². The van der Waals surface area contributed by atoms with E-state index in [0.29, 0.717) is 27.6 Å². The summed E-state index contributed by atoms with van der Waals surface area (Å²) in [4.78, 5) is 11.6. The molecule has 0 bridgehead atoms. The SMILES string of the molecule is CNC(=O)c1ccc(N)c(Nc2cc(F)ccc2Cl)c1. The van der Waals surface area contributed by atoms with Crippen LogP contribution in [0.1, 0.15) is 10.4 Å². The Morgan fingerprint density at radius 2 is 1.95 bits per heavy atom. The fourth-order valence-electron chi connectivity index (χ4n) is 1.69. The first kappa shape index (κ1) is 14.1. The van der Waals surface area contributed by atoms with Gasteiger partial charge in [0.05, 0.1) is 22.1 Å². The van der Waals surface area contributed by atoms with Crippen molar-refractivity contribution < 1.29 is 9.18 Å². The number of amides is 1. The smallest absolute Gasteiger partial charge is 0.251 e. The molecule has 0 saturated carbocycles. The first-order chi connectivity index (χ1) is 9.51. The standard InChI is InChI=1S/C14H13ClFN3O/c1-18-14(20)8-2-5-11(17)13(6-8)19-12-7-9(16)3-4-10(12)15/h2-7,19H,17H2,1H3,(H,18,20). The van der Waals surface area contributed by atoms with E-state index in [2.05, 4.69) is 10.6 Å². The molecule has 2 aromatic carbocycles. The van der Waals surface area contributed by atoms with Gasteiger partial charge in [-0.3, -0.25) is 4.79 Å². The van der Waals surface area contributed by atoms with Gasteiger partial charge in [0, 0.05) is 12.6 Å². The van der Waals surface area contributed by atoms with Gasteiger partial charge in [-0.15, -0.1) is 0 Å². The van der Waals surface area contributed by atoms with Crippen molar-refractivity contribution >= 4 is 34.6 Å². The summed E-state index contributed by atoms with van der Waals surface area (Å²) in [6.07, 6.45) is 0. The van der Waals surface area contributed by atoms with Gasteiger partial charge >= 0.3 is 0 Å². The number of rotatable bonds is 3. The van der Waals surface area contributed by atoms with E-state index >= 15 is 0 Å². The van der Waals surface area contributed by atoms with Crippen molar-refractivity contribution in [3.05, 3.63) is 52.8 Å². The van der Waals surface area contributed by atoms with Crippen LogP contribution in [0.4, 0.5) is 21.5 Å². The molecule has 0 radical (unpaired) electrons. The molecule has 0 aromatic heterocycles. The minimum atomic E-state index is -0.419. The van der Waals surface area contributed by atoms with Gasteiger partial charge in [0.25, 0.3) is 5.91 Å². The third kappa shape index (κ3) is 3.00. The Morgan fingerprint density at radius 3 is 2.65 bits per heavy atom. The molecule has 0 fully saturated rings. The first-order valence-electron chi connectivity index (χ1n) is 5.85. The van der Waals surface area contributed by atoms with Crippen LogP contribution in [-0.4, -0.2) is 13.0 Å².